The number of amides is 1. The summed E-state index contributed by atoms with van der Waals surface area (Å²) in [6.07, 6.45) is -2.72. The molecular formula is C18H21NO6S. The van der Waals surface area contributed by atoms with Gasteiger partial charge in [0.1, 0.15) is 17.6 Å². The Balaban J connectivity index is 1.72. The second kappa shape index (κ2) is 9.91. The fourth-order valence-electron chi connectivity index (χ4n) is 2.19. The Morgan fingerprint density at radius 3 is 2.65 bits per heavy atom. The second-order valence-corrected chi connectivity index (χ2v) is 6.44. The number of carbonyl (C=O) groups excluding carboxylic acids is 2. The fourth-order valence-corrected chi connectivity index (χ4v) is 3.04. The molecule has 0 bridgehead atoms. The predicted octanol–water partition coefficient (Wildman–Crippen LogP) is 2.25. The van der Waals surface area contributed by atoms with Gasteiger partial charge in [-0.1, -0.05) is 30.3 Å². The first kappa shape index (κ1) is 19.9. The molecule has 0 aliphatic heterocycles. The lowest BCUT2D eigenvalue weighted by atomic mass is 10.0. The first-order valence-electron chi connectivity index (χ1n) is 7.98. The summed E-state index contributed by atoms with van der Waals surface area (Å²) in [6, 6.07) is 10.7. The van der Waals surface area contributed by atoms with Crippen LogP contribution in [0.25, 0.3) is 0 Å². The number of alkyl carbamates (subject to hydrolysis) is 1. The third-order valence-electron chi connectivity index (χ3n) is 3.63. The smallest absolute Gasteiger partial charge is 0.407 e. The molecule has 26 heavy (non-hydrogen) atoms. The monoisotopic (exact) mass is 379 g/mol. The molecule has 2 rings (SSSR count). The Bertz CT molecular complexity index is 717. The summed E-state index contributed by atoms with van der Waals surface area (Å²) in [4.78, 5) is 23.4. The van der Waals surface area contributed by atoms with Gasteiger partial charge >= 0.3 is 12.1 Å². The Morgan fingerprint density at radius 2 is 1.96 bits per heavy atom. The number of ether oxygens (including phenoxy) is 2. The van der Waals surface area contributed by atoms with Gasteiger partial charge < -0.3 is 25.0 Å². The molecule has 0 saturated heterocycles. The van der Waals surface area contributed by atoms with Crippen LogP contribution in [0.4, 0.5) is 4.79 Å². The molecule has 3 N–H and O–H groups in total. The van der Waals surface area contributed by atoms with Gasteiger partial charge in [-0.2, -0.15) is 0 Å². The van der Waals surface area contributed by atoms with Gasteiger partial charge in [-0.05, 0) is 29.0 Å². The molecular weight excluding hydrogens is 358 g/mol. The molecule has 0 aliphatic carbocycles. The summed E-state index contributed by atoms with van der Waals surface area (Å²) in [6.45, 7) is 0.295. The van der Waals surface area contributed by atoms with E-state index in [2.05, 4.69) is 10.1 Å². The fraction of sp³-hybridized carbons (Fsp3) is 0.333. The van der Waals surface area contributed by atoms with Crippen molar-refractivity contribution in [2.24, 2.45) is 0 Å². The van der Waals surface area contributed by atoms with Crippen molar-refractivity contribution >= 4 is 23.4 Å². The Morgan fingerprint density at radius 1 is 1.23 bits per heavy atom. The number of hydrogen-bond acceptors (Lipinski definition) is 7. The van der Waals surface area contributed by atoms with Crippen LogP contribution >= 0.6 is 11.3 Å². The van der Waals surface area contributed by atoms with Crippen LogP contribution in [0.5, 0.6) is 0 Å². The minimum atomic E-state index is -1.16. The predicted molar refractivity (Wildman–Crippen MR) is 95.9 cm³/mol. The maximum Gasteiger partial charge on any atom is 0.407 e. The average molecular weight is 379 g/mol. The SMILES string of the molecule is COC(=O)c1cc(C(O)C(O)CCNC(=O)OCc2ccccc2)cs1. The van der Waals surface area contributed by atoms with Gasteiger partial charge in [0.15, 0.2) is 0 Å². The number of methoxy groups -OCH3 is 1. The third-order valence-corrected chi connectivity index (χ3v) is 4.56. The van der Waals surface area contributed by atoms with Gasteiger partial charge in [0.05, 0.1) is 13.2 Å². The normalized spacial score (nSPS) is 12.9. The molecule has 0 radical (unpaired) electrons. The average Bonchev–Trinajstić information content (AvgIpc) is 3.16. The molecule has 1 heterocycles. The first-order chi connectivity index (χ1) is 12.5. The highest BCUT2D eigenvalue weighted by atomic mass is 32.1. The molecule has 0 spiro atoms. The molecule has 7 nitrogen and oxygen atoms in total. The summed E-state index contributed by atoms with van der Waals surface area (Å²) >= 11 is 1.13. The van der Waals surface area contributed by atoms with Gasteiger partial charge in [0.25, 0.3) is 0 Å². The Hall–Kier alpha value is -2.42. The van der Waals surface area contributed by atoms with Crippen LogP contribution in [0.2, 0.25) is 0 Å². The highest BCUT2D eigenvalue weighted by molar-refractivity contribution is 7.12. The van der Waals surface area contributed by atoms with E-state index in [1.165, 1.54) is 13.2 Å². The minimum absolute atomic E-state index is 0.130. The van der Waals surface area contributed by atoms with Gasteiger partial charge in [-0.15, -0.1) is 11.3 Å². The maximum absolute atomic E-state index is 11.6. The van der Waals surface area contributed by atoms with Crippen LogP contribution < -0.4 is 5.32 Å². The van der Waals surface area contributed by atoms with Crippen molar-refractivity contribution in [1.29, 1.82) is 0 Å². The van der Waals surface area contributed by atoms with E-state index in [1.807, 2.05) is 30.3 Å². The molecule has 2 unspecified atom stereocenters. The molecule has 140 valence electrons. The van der Waals surface area contributed by atoms with Crippen LogP contribution in [-0.4, -0.2) is 42.0 Å². The van der Waals surface area contributed by atoms with Gasteiger partial charge in [-0.3, -0.25) is 0 Å². The molecule has 1 aromatic heterocycles. The number of aliphatic hydroxyl groups excluding tert-OH is 2. The lowest BCUT2D eigenvalue weighted by Gasteiger charge is -2.17. The number of esters is 1. The van der Waals surface area contributed by atoms with Crippen molar-refractivity contribution in [3.63, 3.8) is 0 Å². The number of rotatable bonds is 8. The Labute approximate surface area is 155 Å². The molecule has 1 aromatic carbocycles. The zero-order chi connectivity index (χ0) is 18.9. The number of aliphatic hydroxyl groups is 2. The molecule has 1 amide bonds. The van der Waals surface area contributed by atoms with Crippen LogP contribution in [-0.2, 0) is 16.1 Å². The lowest BCUT2D eigenvalue weighted by molar-refractivity contribution is 0.0138. The van der Waals surface area contributed by atoms with E-state index >= 15 is 0 Å². The van der Waals surface area contributed by atoms with E-state index in [1.54, 1.807) is 5.38 Å². The molecule has 0 saturated carbocycles. The van der Waals surface area contributed by atoms with Gasteiger partial charge in [0, 0.05) is 6.54 Å². The van der Waals surface area contributed by atoms with E-state index < -0.39 is 24.3 Å². The second-order valence-electron chi connectivity index (χ2n) is 5.53. The van der Waals surface area contributed by atoms with Crippen LogP contribution in [0.1, 0.15) is 33.3 Å². The molecule has 8 heteroatoms. The number of nitrogens with one attached hydrogen (secondary N) is 1. The standard InChI is InChI=1S/C18H21NO6S/c1-24-17(22)15-9-13(11-26-15)16(21)14(20)7-8-19-18(23)25-10-12-5-3-2-4-6-12/h2-6,9,11,14,16,20-21H,7-8,10H2,1H3,(H,19,23). The number of thiophene rings is 1. The summed E-state index contributed by atoms with van der Waals surface area (Å²) < 4.78 is 9.66. The topological polar surface area (TPSA) is 105 Å². The summed E-state index contributed by atoms with van der Waals surface area (Å²) in [7, 11) is 1.27. The van der Waals surface area contributed by atoms with E-state index in [9.17, 15) is 19.8 Å². The Kier molecular flexibility index (Phi) is 7.58. The van der Waals surface area contributed by atoms with Crippen molar-refractivity contribution in [2.75, 3.05) is 13.7 Å². The van der Waals surface area contributed by atoms with Crippen molar-refractivity contribution < 1.29 is 29.3 Å². The van der Waals surface area contributed by atoms with Crippen LogP contribution in [0.3, 0.4) is 0 Å². The van der Waals surface area contributed by atoms with E-state index in [4.69, 9.17) is 4.74 Å². The number of hydrogen-bond donors (Lipinski definition) is 3. The van der Waals surface area contributed by atoms with Gasteiger partial charge in [-0.25, -0.2) is 9.59 Å². The van der Waals surface area contributed by atoms with E-state index in [-0.39, 0.29) is 19.6 Å². The molecule has 2 aromatic rings. The summed E-state index contributed by atoms with van der Waals surface area (Å²) in [5, 5.41) is 24.3. The van der Waals surface area contributed by atoms with Crippen molar-refractivity contribution in [2.45, 2.75) is 25.2 Å². The highest BCUT2D eigenvalue weighted by Crippen LogP contribution is 2.25. The quantitative estimate of drug-likeness (QED) is 0.608. The molecule has 0 fully saturated rings. The minimum Gasteiger partial charge on any atom is -0.465 e. The first-order valence-corrected chi connectivity index (χ1v) is 8.86. The highest BCUT2D eigenvalue weighted by Gasteiger charge is 2.21. The van der Waals surface area contributed by atoms with Crippen molar-refractivity contribution in [1.82, 2.24) is 5.32 Å². The zero-order valence-corrected chi connectivity index (χ0v) is 15.1. The van der Waals surface area contributed by atoms with Crippen molar-refractivity contribution in [3.8, 4) is 0 Å². The zero-order valence-electron chi connectivity index (χ0n) is 14.3. The molecule has 2 atom stereocenters. The number of benzene rings is 1. The van der Waals surface area contributed by atoms with Crippen LogP contribution in [0, 0.1) is 0 Å². The lowest BCUT2D eigenvalue weighted by Crippen LogP contribution is -2.29. The van der Waals surface area contributed by atoms with Gasteiger partial charge in [0.2, 0.25) is 0 Å². The van der Waals surface area contributed by atoms with Crippen LogP contribution in [0.15, 0.2) is 41.8 Å². The number of carbonyl (C=O) groups is 2. The summed E-state index contributed by atoms with van der Waals surface area (Å²) in [5.74, 6) is -0.495. The largest absolute Gasteiger partial charge is 0.465 e. The molecule has 0 aliphatic rings. The van der Waals surface area contributed by atoms with E-state index in [0.717, 1.165) is 16.9 Å². The maximum atomic E-state index is 11.6. The third kappa shape index (κ3) is 5.83. The van der Waals surface area contributed by atoms with E-state index in [0.29, 0.717) is 10.4 Å². The van der Waals surface area contributed by atoms with Crippen molar-refractivity contribution in [3.05, 3.63) is 57.8 Å². The summed E-state index contributed by atoms with van der Waals surface area (Å²) in [5.41, 5.74) is 1.30.